The number of carbonyl (C=O) groups excluding carboxylic acids is 1. The van der Waals surface area contributed by atoms with Gasteiger partial charge in [0.1, 0.15) is 17.4 Å². The Morgan fingerprint density at radius 2 is 1.77 bits per heavy atom. The quantitative estimate of drug-likeness (QED) is 0.689. The van der Waals surface area contributed by atoms with Crippen LogP contribution < -0.4 is 0 Å². The highest BCUT2D eigenvalue weighted by Gasteiger charge is 2.07. The van der Waals surface area contributed by atoms with E-state index in [1.807, 2.05) is 0 Å². The smallest absolute Gasteiger partial charge is 0.134 e. The summed E-state index contributed by atoms with van der Waals surface area (Å²) in [5.41, 5.74) is 0.375. The van der Waals surface area contributed by atoms with Crippen molar-refractivity contribution < 1.29 is 13.6 Å². The summed E-state index contributed by atoms with van der Waals surface area (Å²) in [6, 6.07) is 2.39. The van der Waals surface area contributed by atoms with Gasteiger partial charge in [-0.1, -0.05) is 0 Å². The van der Waals surface area contributed by atoms with E-state index in [0.717, 1.165) is 0 Å². The zero-order valence-electron chi connectivity index (χ0n) is 7.53. The van der Waals surface area contributed by atoms with E-state index in [1.165, 1.54) is 26.0 Å². The van der Waals surface area contributed by atoms with Crippen LogP contribution in [0.3, 0.4) is 0 Å². The molecule has 0 aliphatic rings. The van der Waals surface area contributed by atoms with Crippen molar-refractivity contribution in [3.05, 3.63) is 34.9 Å². The topological polar surface area (TPSA) is 17.1 Å². The highest BCUT2D eigenvalue weighted by molar-refractivity contribution is 5.78. The number of benzene rings is 1. The van der Waals surface area contributed by atoms with Crippen molar-refractivity contribution >= 4 is 5.78 Å². The van der Waals surface area contributed by atoms with E-state index in [2.05, 4.69) is 0 Å². The summed E-state index contributed by atoms with van der Waals surface area (Å²) in [6.45, 7) is 2.75. The molecule has 0 N–H and O–H groups in total. The number of hydrogen-bond donors (Lipinski definition) is 0. The third-order valence-corrected chi connectivity index (χ3v) is 1.79. The van der Waals surface area contributed by atoms with Crippen LogP contribution >= 0.6 is 0 Å². The number of hydrogen-bond acceptors (Lipinski definition) is 1. The van der Waals surface area contributed by atoms with E-state index in [0.29, 0.717) is 5.56 Å². The molecule has 1 rings (SSSR count). The van der Waals surface area contributed by atoms with Crippen LogP contribution in [0.2, 0.25) is 0 Å². The monoisotopic (exact) mass is 184 g/mol. The largest absolute Gasteiger partial charge is 0.300 e. The molecule has 3 heteroatoms. The third kappa shape index (κ3) is 2.34. The lowest BCUT2D eigenvalue weighted by atomic mass is 10.1. The maximum absolute atomic E-state index is 12.9. The second kappa shape index (κ2) is 3.64. The minimum Gasteiger partial charge on any atom is -0.300 e. The molecule has 13 heavy (non-hydrogen) atoms. The fraction of sp³-hybridized carbons (Fsp3) is 0.300. The average molecular weight is 184 g/mol. The van der Waals surface area contributed by atoms with Crippen molar-refractivity contribution in [2.45, 2.75) is 20.3 Å². The first-order valence-corrected chi connectivity index (χ1v) is 3.94. The number of ketones is 1. The molecular formula is C10H10F2O. The van der Waals surface area contributed by atoms with Gasteiger partial charge in [0.05, 0.1) is 0 Å². The Morgan fingerprint density at radius 1 is 1.31 bits per heavy atom. The van der Waals surface area contributed by atoms with Gasteiger partial charge in [0.25, 0.3) is 0 Å². The Kier molecular flexibility index (Phi) is 2.76. The molecule has 0 unspecified atom stereocenters. The normalized spacial score (nSPS) is 10.2. The van der Waals surface area contributed by atoms with Gasteiger partial charge in [0.15, 0.2) is 0 Å². The van der Waals surface area contributed by atoms with Gasteiger partial charge in [0, 0.05) is 12.0 Å². The molecule has 0 spiro atoms. The minimum atomic E-state index is -0.601. The number of Topliss-reactive ketones (excluding diaryl/α,β-unsaturated/α-hetero) is 1. The molecule has 0 saturated heterocycles. The first kappa shape index (κ1) is 9.84. The fourth-order valence-corrected chi connectivity index (χ4v) is 1.09. The van der Waals surface area contributed by atoms with Crippen LogP contribution in [0.5, 0.6) is 0 Å². The van der Waals surface area contributed by atoms with E-state index < -0.39 is 11.6 Å². The Balaban J connectivity index is 3.06. The highest BCUT2D eigenvalue weighted by atomic mass is 19.1. The van der Waals surface area contributed by atoms with E-state index in [4.69, 9.17) is 0 Å². The zero-order valence-corrected chi connectivity index (χ0v) is 7.53. The summed E-state index contributed by atoms with van der Waals surface area (Å²) in [5.74, 6) is -1.31. The summed E-state index contributed by atoms with van der Waals surface area (Å²) < 4.78 is 25.9. The van der Waals surface area contributed by atoms with Crippen molar-refractivity contribution in [3.63, 3.8) is 0 Å². The Labute approximate surface area is 75.4 Å². The van der Waals surface area contributed by atoms with E-state index in [1.54, 1.807) is 0 Å². The van der Waals surface area contributed by atoms with Crippen molar-refractivity contribution in [2.24, 2.45) is 0 Å². The third-order valence-electron chi connectivity index (χ3n) is 1.79. The predicted octanol–water partition coefficient (Wildman–Crippen LogP) is 2.40. The number of rotatable bonds is 2. The summed E-state index contributed by atoms with van der Waals surface area (Å²) in [7, 11) is 0. The SMILES string of the molecule is CC(=O)Cc1cc(F)c(C)c(F)c1. The van der Waals surface area contributed by atoms with Crippen molar-refractivity contribution in [2.75, 3.05) is 0 Å². The lowest BCUT2D eigenvalue weighted by Crippen LogP contribution is -1.99. The molecule has 0 aliphatic heterocycles. The molecule has 0 saturated carbocycles. The van der Waals surface area contributed by atoms with Crippen LogP contribution in [0.4, 0.5) is 8.78 Å². The highest BCUT2D eigenvalue weighted by Crippen LogP contribution is 2.14. The van der Waals surface area contributed by atoms with Crippen molar-refractivity contribution in [1.82, 2.24) is 0 Å². The minimum absolute atomic E-state index is 0.00713. The summed E-state index contributed by atoms with van der Waals surface area (Å²) in [6.07, 6.45) is 0.0775. The standard InChI is InChI=1S/C10H10F2O/c1-6(13)3-8-4-9(11)7(2)10(12)5-8/h4-5H,3H2,1-2H3. The van der Waals surface area contributed by atoms with Gasteiger partial charge in [-0.05, 0) is 31.5 Å². The fourth-order valence-electron chi connectivity index (χ4n) is 1.09. The molecule has 1 nitrogen and oxygen atoms in total. The molecule has 1 aromatic rings. The Morgan fingerprint density at radius 3 is 2.15 bits per heavy atom. The van der Waals surface area contributed by atoms with Gasteiger partial charge < -0.3 is 0 Å². The van der Waals surface area contributed by atoms with Crippen molar-refractivity contribution in [3.8, 4) is 0 Å². The Hall–Kier alpha value is -1.25. The van der Waals surface area contributed by atoms with Crippen molar-refractivity contribution in [1.29, 1.82) is 0 Å². The number of halogens is 2. The van der Waals surface area contributed by atoms with Gasteiger partial charge in [0.2, 0.25) is 0 Å². The van der Waals surface area contributed by atoms with E-state index >= 15 is 0 Å². The second-order valence-corrected chi connectivity index (χ2v) is 3.06. The lowest BCUT2D eigenvalue weighted by molar-refractivity contribution is -0.116. The van der Waals surface area contributed by atoms with E-state index in [-0.39, 0.29) is 17.8 Å². The molecule has 1 aromatic carbocycles. The summed E-state index contributed by atoms with van der Waals surface area (Å²) in [5, 5.41) is 0. The van der Waals surface area contributed by atoms with Gasteiger partial charge in [-0.3, -0.25) is 4.79 Å². The molecule has 0 heterocycles. The molecule has 70 valence electrons. The van der Waals surface area contributed by atoms with Crippen LogP contribution in [0.1, 0.15) is 18.1 Å². The molecule has 0 bridgehead atoms. The first-order valence-electron chi connectivity index (χ1n) is 3.94. The van der Waals surface area contributed by atoms with Crippen LogP contribution in [0, 0.1) is 18.6 Å². The molecule has 0 amide bonds. The van der Waals surface area contributed by atoms with Crippen LogP contribution in [0.15, 0.2) is 12.1 Å². The zero-order chi connectivity index (χ0) is 10.0. The molecule has 0 atom stereocenters. The summed E-state index contributed by atoms with van der Waals surface area (Å²) >= 11 is 0. The van der Waals surface area contributed by atoms with Gasteiger partial charge in [-0.2, -0.15) is 0 Å². The maximum Gasteiger partial charge on any atom is 0.134 e. The first-order chi connectivity index (χ1) is 6.00. The van der Waals surface area contributed by atoms with Gasteiger partial charge in [-0.15, -0.1) is 0 Å². The second-order valence-electron chi connectivity index (χ2n) is 3.06. The predicted molar refractivity (Wildman–Crippen MR) is 45.5 cm³/mol. The summed E-state index contributed by atoms with van der Waals surface area (Å²) in [4.78, 5) is 10.7. The van der Waals surface area contributed by atoms with Crippen LogP contribution in [-0.4, -0.2) is 5.78 Å². The van der Waals surface area contributed by atoms with Crippen LogP contribution in [-0.2, 0) is 11.2 Å². The van der Waals surface area contributed by atoms with Gasteiger partial charge >= 0.3 is 0 Å². The molecule has 0 radical (unpaired) electrons. The maximum atomic E-state index is 12.9. The molecule has 0 fully saturated rings. The lowest BCUT2D eigenvalue weighted by Gasteiger charge is -2.02. The Bertz CT molecular complexity index is 322. The van der Waals surface area contributed by atoms with Gasteiger partial charge in [-0.25, -0.2) is 8.78 Å². The van der Waals surface area contributed by atoms with E-state index in [9.17, 15) is 13.6 Å². The average Bonchev–Trinajstić information content (AvgIpc) is 1.98. The number of carbonyl (C=O) groups is 1. The molecule has 0 aliphatic carbocycles. The molecule has 0 aromatic heterocycles. The van der Waals surface area contributed by atoms with Crippen LogP contribution in [0.25, 0.3) is 0 Å². The molecular weight excluding hydrogens is 174 g/mol.